The van der Waals surface area contributed by atoms with Gasteiger partial charge >= 0.3 is 0 Å². The van der Waals surface area contributed by atoms with Crippen LogP contribution in [-0.4, -0.2) is 5.91 Å². The molecule has 1 aromatic carbocycles. The van der Waals surface area contributed by atoms with Gasteiger partial charge in [-0.1, -0.05) is 6.92 Å². The maximum atomic E-state index is 11.4. The van der Waals surface area contributed by atoms with Crippen LogP contribution in [0.4, 0.5) is 11.4 Å². The summed E-state index contributed by atoms with van der Waals surface area (Å²) < 4.78 is 5.91. The fraction of sp³-hybridized carbons (Fsp3) is 0.389. The minimum Gasteiger partial charge on any atom is -0.464 e. The number of amides is 1. The highest BCUT2D eigenvalue weighted by Crippen LogP contribution is 2.47. The van der Waals surface area contributed by atoms with Crippen LogP contribution in [0.5, 0.6) is 0 Å². The first-order valence-electron chi connectivity index (χ1n) is 7.94. The van der Waals surface area contributed by atoms with E-state index in [-0.39, 0.29) is 5.91 Å². The zero-order valence-electron chi connectivity index (χ0n) is 12.7. The molecule has 1 aliphatic heterocycles. The lowest BCUT2D eigenvalue weighted by molar-refractivity contribution is -0.116. The molecule has 2 N–H and O–H groups in total. The van der Waals surface area contributed by atoms with E-state index in [2.05, 4.69) is 35.8 Å². The molecule has 2 heterocycles. The van der Waals surface area contributed by atoms with Crippen LogP contribution in [0.25, 0.3) is 0 Å². The van der Waals surface area contributed by atoms with Crippen molar-refractivity contribution in [2.24, 2.45) is 5.92 Å². The normalized spacial score (nSPS) is 22.9. The second kappa shape index (κ2) is 5.20. The molecule has 114 valence electrons. The number of carbonyl (C=O) groups excluding carboxylic acids is 1. The van der Waals surface area contributed by atoms with Gasteiger partial charge < -0.3 is 15.1 Å². The lowest BCUT2D eigenvalue weighted by atomic mass is 10.0. The number of hydrogen-bond acceptors (Lipinski definition) is 3. The van der Waals surface area contributed by atoms with Gasteiger partial charge in [0.05, 0.1) is 6.54 Å². The van der Waals surface area contributed by atoms with Crippen molar-refractivity contribution in [3.63, 3.8) is 0 Å². The highest BCUT2D eigenvalue weighted by atomic mass is 16.3. The van der Waals surface area contributed by atoms with Gasteiger partial charge in [0, 0.05) is 23.7 Å². The minimum atomic E-state index is 0.102. The van der Waals surface area contributed by atoms with Crippen LogP contribution in [0.3, 0.4) is 0 Å². The summed E-state index contributed by atoms with van der Waals surface area (Å²) in [5.74, 6) is 3.59. The van der Waals surface area contributed by atoms with Crippen molar-refractivity contribution in [1.82, 2.24) is 0 Å². The molecule has 2 aliphatic rings. The summed E-state index contributed by atoms with van der Waals surface area (Å²) in [7, 11) is 0. The van der Waals surface area contributed by atoms with E-state index in [9.17, 15) is 4.79 Å². The lowest BCUT2D eigenvalue weighted by Gasteiger charge is -2.17. The van der Waals surface area contributed by atoms with Crippen LogP contribution >= 0.6 is 0 Å². The average molecular weight is 296 g/mol. The molecular weight excluding hydrogens is 276 g/mol. The van der Waals surface area contributed by atoms with E-state index < -0.39 is 0 Å². The number of aryl methyl sites for hydroxylation is 1. The summed E-state index contributed by atoms with van der Waals surface area (Å²) in [5, 5.41) is 6.30. The highest BCUT2D eigenvalue weighted by Gasteiger charge is 2.36. The predicted molar refractivity (Wildman–Crippen MR) is 85.9 cm³/mol. The van der Waals surface area contributed by atoms with Crippen LogP contribution in [0.1, 0.15) is 42.8 Å². The van der Waals surface area contributed by atoms with Crippen molar-refractivity contribution in [1.29, 1.82) is 0 Å². The number of fused-ring (bicyclic) bond motifs is 1. The Labute approximate surface area is 129 Å². The van der Waals surface area contributed by atoms with E-state index in [1.165, 1.54) is 12.0 Å². The van der Waals surface area contributed by atoms with Gasteiger partial charge in [-0.05, 0) is 54.7 Å². The molecule has 1 aliphatic carbocycles. The van der Waals surface area contributed by atoms with E-state index >= 15 is 0 Å². The van der Waals surface area contributed by atoms with Crippen molar-refractivity contribution in [3.8, 4) is 0 Å². The standard InChI is InChI=1S/C18H20N2O2/c1-11-8-15(11)17-6-4-14(22-17)10-19-13-3-5-16-12(9-13)2-7-18(21)20-16/h3-6,9,11,15,19H,2,7-8,10H2,1H3,(H,20,21)/t11-,15-/m0/s1. The molecule has 2 atom stereocenters. The summed E-state index contributed by atoms with van der Waals surface area (Å²) in [6, 6.07) is 10.2. The molecule has 4 rings (SSSR count). The first-order chi connectivity index (χ1) is 10.7. The van der Waals surface area contributed by atoms with Crippen molar-refractivity contribution in [3.05, 3.63) is 47.4 Å². The van der Waals surface area contributed by atoms with E-state index in [1.807, 2.05) is 12.1 Å². The number of benzene rings is 1. The van der Waals surface area contributed by atoms with Crippen molar-refractivity contribution in [2.75, 3.05) is 10.6 Å². The summed E-state index contributed by atoms with van der Waals surface area (Å²) in [4.78, 5) is 11.4. The molecular formula is C18H20N2O2. The second-order valence-corrected chi connectivity index (χ2v) is 6.40. The Hall–Kier alpha value is -2.23. The molecule has 0 radical (unpaired) electrons. The number of rotatable bonds is 4. The van der Waals surface area contributed by atoms with Gasteiger partial charge in [-0.15, -0.1) is 0 Å². The zero-order chi connectivity index (χ0) is 15.1. The van der Waals surface area contributed by atoms with Crippen LogP contribution < -0.4 is 10.6 Å². The SMILES string of the molecule is C[C@H]1C[C@@H]1c1ccc(CNc2ccc3c(c2)CCC(=O)N3)o1. The third-order valence-electron chi connectivity index (χ3n) is 4.62. The Morgan fingerprint density at radius 2 is 2.14 bits per heavy atom. The molecule has 0 unspecified atom stereocenters. The van der Waals surface area contributed by atoms with Gasteiger partial charge in [-0.3, -0.25) is 4.79 Å². The molecule has 1 saturated carbocycles. The molecule has 0 bridgehead atoms. The van der Waals surface area contributed by atoms with Crippen LogP contribution in [0.2, 0.25) is 0 Å². The van der Waals surface area contributed by atoms with Gasteiger partial charge in [-0.25, -0.2) is 0 Å². The monoisotopic (exact) mass is 296 g/mol. The first kappa shape index (κ1) is 13.4. The molecule has 2 aromatic rings. The van der Waals surface area contributed by atoms with E-state index in [0.717, 1.165) is 35.2 Å². The van der Waals surface area contributed by atoms with Crippen molar-refractivity contribution < 1.29 is 9.21 Å². The molecule has 1 fully saturated rings. The Balaban J connectivity index is 1.41. The fourth-order valence-corrected chi connectivity index (χ4v) is 3.09. The van der Waals surface area contributed by atoms with E-state index in [0.29, 0.717) is 18.9 Å². The van der Waals surface area contributed by atoms with E-state index in [4.69, 9.17) is 4.42 Å². The summed E-state index contributed by atoms with van der Waals surface area (Å²) >= 11 is 0. The average Bonchev–Trinajstić information content (AvgIpc) is 3.07. The smallest absolute Gasteiger partial charge is 0.224 e. The third-order valence-corrected chi connectivity index (χ3v) is 4.62. The number of carbonyl (C=O) groups is 1. The van der Waals surface area contributed by atoms with Crippen LogP contribution in [0, 0.1) is 5.92 Å². The molecule has 0 saturated heterocycles. The highest BCUT2D eigenvalue weighted by molar-refractivity contribution is 5.94. The predicted octanol–water partition coefficient (Wildman–Crippen LogP) is 3.90. The Morgan fingerprint density at radius 3 is 2.95 bits per heavy atom. The molecule has 4 heteroatoms. The summed E-state index contributed by atoms with van der Waals surface area (Å²) in [5.41, 5.74) is 3.19. The van der Waals surface area contributed by atoms with Crippen LogP contribution in [0.15, 0.2) is 34.7 Å². The first-order valence-corrected chi connectivity index (χ1v) is 7.94. The second-order valence-electron chi connectivity index (χ2n) is 6.40. The minimum absolute atomic E-state index is 0.102. The maximum Gasteiger partial charge on any atom is 0.224 e. The zero-order valence-corrected chi connectivity index (χ0v) is 12.7. The van der Waals surface area contributed by atoms with Gasteiger partial charge in [0.2, 0.25) is 5.91 Å². The van der Waals surface area contributed by atoms with Gasteiger partial charge in [0.1, 0.15) is 11.5 Å². The topological polar surface area (TPSA) is 54.3 Å². The number of hydrogen-bond donors (Lipinski definition) is 2. The molecule has 0 spiro atoms. The Bertz CT molecular complexity index is 720. The van der Waals surface area contributed by atoms with Gasteiger partial charge in [0.15, 0.2) is 0 Å². The summed E-state index contributed by atoms with van der Waals surface area (Å²) in [6.45, 7) is 2.95. The number of furan rings is 1. The molecule has 4 nitrogen and oxygen atoms in total. The van der Waals surface area contributed by atoms with Crippen molar-refractivity contribution >= 4 is 17.3 Å². The number of anilines is 2. The van der Waals surface area contributed by atoms with Gasteiger partial charge in [0.25, 0.3) is 0 Å². The molecule has 1 amide bonds. The van der Waals surface area contributed by atoms with Gasteiger partial charge in [-0.2, -0.15) is 0 Å². The molecule has 22 heavy (non-hydrogen) atoms. The van der Waals surface area contributed by atoms with Crippen LogP contribution in [-0.2, 0) is 17.8 Å². The lowest BCUT2D eigenvalue weighted by Crippen LogP contribution is -2.18. The summed E-state index contributed by atoms with van der Waals surface area (Å²) in [6.07, 6.45) is 2.62. The van der Waals surface area contributed by atoms with E-state index in [1.54, 1.807) is 0 Å². The largest absolute Gasteiger partial charge is 0.464 e. The molecule has 1 aromatic heterocycles. The Morgan fingerprint density at radius 1 is 1.27 bits per heavy atom. The Kier molecular flexibility index (Phi) is 3.17. The quantitative estimate of drug-likeness (QED) is 0.899. The third kappa shape index (κ3) is 2.61. The maximum absolute atomic E-state index is 11.4. The van der Waals surface area contributed by atoms with Crippen molar-refractivity contribution in [2.45, 2.75) is 38.6 Å². The fourth-order valence-electron chi connectivity index (χ4n) is 3.09. The number of nitrogens with one attached hydrogen (secondary N) is 2.